The third-order valence-corrected chi connectivity index (χ3v) is 4.39. The van der Waals surface area contributed by atoms with E-state index in [0.29, 0.717) is 0 Å². The summed E-state index contributed by atoms with van der Waals surface area (Å²) in [5, 5.41) is 3.77. The first-order valence-electron chi connectivity index (χ1n) is 8.25. The van der Waals surface area contributed by atoms with Crippen LogP contribution in [-0.4, -0.2) is 37.1 Å². The summed E-state index contributed by atoms with van der Waals surface area (Å²) < 4.78 is 0. The molecular formula is C16H34N2. The molecule has 0 atom stereocenters. The van der Waals surface area contributed by atoms with Gasteiger partial charge in [-0.3, -0.25) is 0 Å². The molecule has 0 spiro atoms. The smallest absolute Gasteiger partial charge is 0.0107 e. The molecule has 1 saturated carbocycles. The lowest BCUT2D eigenvalue weighted by Crippen LogP contribution is -2.39. The highest BCUT2D eigenvalue weighted by molar-refractivity contribution is 4.77. The number of nitrogens with zero attached hydrogens (tertiary/aromatic N) is 1. The summed E-state index contributed by atoms with van der Waals surface area (Å²) in [6, 6.07) is 0.804. The fourth-order valence-corrected chi connectivity index (χ4v) is 3.23. The summed E-state index contributed by atoms with van der Waals surface area (Å²) in [7, 11) is 0. The maximum absolute atomic E-state index is 3.77. The Labute approximate surface area is 115 Å². The maximum Gasteiger partial charge on any atom is 0.0107 e. The van der Waals surface area contributed by atoms with E-state index in [0.717, 1.165) is 12.0 Å². The molecule has 2 nitrogen and oxygen atoms in total. The van der Waals surface area contributed by atoms with Crippen LogP contribution in [0, 0.1) is 5.92 Å². The molecule has 108 valence electrons. The van der Waals surface area contributed by atoms with Crippen LogP contribution in [0.3, 0.4) is 0 Å². The first-order valence-corrected chi connectivity index (χ1v) is 8.25. The molecule has 1 fully saturated rings. The van der Waals surface area contributed by atoms with Gasteiger partial charge in [0.25, 0.3) is 0 Å². The van der Waals surface area contributed by atoms with E-state index in [9.17, 15) is 0 Å². The van der Waals surface area contributed by atoms with E-state index in [1.54, 1.807) is 0 Å². The normalized spacial score (nSPS) is 24.7. The monoisotopic (exact) mass is 254 g/mol. The molecule has 0 bridgehead atoms. The van der Waals surface area contributed by atoms with E-state index in [-0.39, 0.29) is 0 Å². The van der Waals surface area contributed by atoms with Crippen LogP contribution in [-0.2, 0) is 0 Å². The standard InChI is InChI=1S/C16H34N2/c1-4-7-15-8-10-16(11-9-15)17-12-14-18(6-3)13-5-2/h15-17H,4-14H2,1-3H3. The zero-order chi connectivity index (χ0) is 13.2. The van der Waals surface area contributed by atoms with Gasteiger partial charge in [-0.15, -0.1) is 0 Å². The van der Waals surface area contributed by atoms with Crippen LogP contribution in [0.4, 0.5) is 0 Å². The molecule has 0 radical (unpaired) electrons. The molecule has 0 amide bonds. The van der Waals surface area contributed by atoms with Gasteiger partial charge < -0.3 is 10.2 Å². The zero-order valence-corrected chi connectivity index (χ0v) is 12.9. The van der Waals surface area contributed by atoms with Crippen molar-refractivity contribution in [2.24, 2.45) is 5.92 Å². The van der Waals surface area contributed by atoms with Gasteiger partial charge in [0.1, 0.15) is 0 Å². The number of nitrogens with one attached hydrogen (secondary N) is 1. The molecule has 0 saturated heterocycles. The quantitative estimate of drug-likeness (QED) is 0.675. The van der Waals surface area contributed by atoms with Crippen LogP contribution in [0.15, 0.2) is 0 Å². The minimum absolute atomic E-state index is 0.804. The van der Waals surface area contributed by atoms with Gasteiger partial charge >= 0.3 is 0 Å². The Morgan fingerprint density at radius 3 is 2.22 bits per heavy atom. The molecule has 18 heavy (non-hydrogen) atoms. The van der Waals surface area contributed by atoms with Crippen LogP contribution >= 0.6 is 0 Å². The Bertz CT molecular complexity index is 186. The van der Waals surface area contributed by atoms with E-state index in [4.69, 9.17) is 0 Å². The largest absolute Gasteiger partial charge is 0.313 e. The van der Waals surface area contributed by atoms with Crippen molar-refractivity contribution in [1.29, 1.82) is 0 Å². The van der Waals surface area contributed by atoms with E-state index >= 15 is 0 Å². The Morgan fingerprint density at radius 2 is 1.67 bits per heavy atom. The Balaban J connectivity index is 2.06. The third-order valence-electron chi connectivity index (χ3n) is 4.39. The first kappa shape index (κ1) is 16.0. The molecule has 1 aliphatic rings. The lowest BCUT2D eigenvalue weighted by atomic mass is 9.83. The van der Waals surface area contributed by atoms with Crippen LogP contribution in [0.1, 0.15) is 65.7 Å². The van der Waals surface area contributed by atoms with Crippen molar-refractivity contribution in [2.45, 2.75) is 71.8 Å². The second kappa shape index (κ2) is 9.80. The number of hydrogen-bond donors (Lipinski definition) is 1. The molecule has 1 aliphatic carbocycles. The highest BCUT2D eigenvalue weighted by atomic mass is 15.1. The molecule has 0 heterocycles. The SMILES string of the molecule is CCCC1CCC(NCCN(CC)CCC)CC1. The van der Waals surface area contributed by atoms with Crippen molar-refractivity contribution >= 4 is 0 Å². The van der Waals surface area contributed by atoms with Gasteiger partial charge in [0.15, 0.2) is 0 Å². The van der Waals surface area contributed by atoms with E-state index < -0.39 is 0 Å². The molecule has 0 aromatic heterocycles. The van der Waals surface area contributed by atoms with Crippen molar-refractivity contribution in [1.82, 2.24) is 10.2 Å². The molecule has 2 heteroatoms. The molecule has 0 aromatic carbocycles. The average Bonchev–Trinajstić information content (AvgIpc) is 2.40. The fourth-order valence-electron chi connectivity index (χ4n) is 3.23. The second-order valence-electron chi connectivity index (χ2n) is 5.89. The van der Waals surface area contributed by atoms with Gasteiger partial charge in [-0.25, -0.2) is 0 Å². The van der Waals surface area contributed by atoms with E-state index in [1.165, 1.54) is 71.1 Å². The maximum atomic E-state index is 3.77. The van der Waals surface area contributed by atoms with Crippen LogP contribution in [0.5, 0.6) is 0 Å². The first-order chi connectivity index (χ1) is 8.80. The van der Waals surface area contributed by atoms with Crippen molar-refractivity contribution in [2.75, 3.05) is 26.2 Å². The molecule has 0 aromatic rings. The van der Waals surface area contributed by atoms with Gasteiger partial charge in [-0.2, -0.15) is 0 Å². The lowest BCUT2D eigenvalue weighted by molar-refractivity contribution is 0.251. The average molecular weight is 254 g/mol. The van der Waals surface area contributed by atoms with Gasteiger partial charge in [-0.1, -0.05) is 33.6 Å². The fraction of sp³-hybridized carbons (Fsp3) is 1.00. The second-order valence-corrected chi connectivity index (χ2v) is 5.89. The summed E-state index contributed by atoms with van der Waals surface area (Å²) in [5.41, 5.74) is 0. The summed E-state index contributed by atoms with van der Waals surface area (Å²) in [5.74, 6) is 1.03. The Morgan fingerprint density at radius 1 is 0.944 bits per heavy atom. The summed E-state index contributed by atoms with van der Waals surface area (Å²) >= 11 is 0. The summed E-state index contributed by atoms with van der Waals surface area (Å²) in [6.07, 6.45) is 9.82. The van der Waals surface area contributed by atoms with Gasteiger partial charge in [0.05, 0.1) is 0 Å². The van der Waals surface area contributed by atoms with Crippen LogP contribution in [0.2, 0.25) is 0 Å². The Hall–Kier alpha value is -0.0800. The predicted molar refractivity (Wildman–Crippen MR) is 81.1 cm³/mol. The Kier molecular flexibility index (Phi) is 8.70. The van der Waals surface area contributed by atoms with Crippen molar-refractivity contribution in [3.05, 3.63) is 0 Å². The topological polar surface area (TPSA) is 15.3 Å². The third kappa shape index (κ3) is 6.19. The van der Waals surface area contributed by atoms with Crippen LogP contribution < -0.4 is 5.32 Å². The number of hydrogen-bond acceptors (Lipinski definition) is 2. The lowest BCUT2D eigenvalue weighted by Gasteiger charge is -2.30. The predicted octanol–water partition coefficient (Wildman–Crippen LogP) is 3.67. The molecule has 0 aliphatic heterocycles. The van der Waals surface area contributed by atoms with Crippen molar-refractivity contribution in [3.63, 3.8) is 0 Å². The molecule has 1 rings (SSSR count). The number of likely N-dealkylation sites (N-methyl/N-ethyl adjacent to an activating group) is 1. The van der Waals surface area contributed by atoms with E-state index in [2.05, 4.69) is 31.0 Å². The van der Waals surface area contributed by atoms with Gasteiger partial charge in [-0.05, 0) is 51.1 Å². The van der Waals surface area contributed by atoms with E-state index in [1.807, 2.05) is 0 Å². The summed E-state index contributed by atoms with van der Waals surface area (Å²) in [4.78, 5) is 2.55. The van der Waals surface area contributed by atoms with Crippen molar-refractivity contribution in [3.8, 4) is 0 Å². The highest BCUT2D eigenvalue weighted by Crippen LogP contribution is 2.27. The van der Waals surface area contributed by atoms with Crippen LogP contribution in [0.25, 0.3) is 0 Å². The summed E-state index contributed by atoms with van der Waals surface area (Å²) in [6.45, 7) is 11.7. The molecule has 1 N–H and O–H groups in total. The van der Waals surface area contributed by atoms with Gasteiger partial charge in [0, 0.05) is 19.1 Å². The molecular weight excluding hydrogens is 220 g/mol. The minimum Gasteiger partial charge on any atom is -0.313 e. The number of rotatable bonds is 9. The minimum atomic E-state index is 0.804. The van der Waals surface area contributed by atoms with Crippen molar-refractivity contribution < 1.29 is 0 Å². The molecule has 0 unspecified atom stereocenters. The zero-order valence-electron chi connectivity index (χ0n) is 12.9. The highest BCUT2D eigenvalue weighted by Gasteiger charge is 2.19. The van der Waals surface area contributed by atoms with Gasteiger partial charge in [0.2, 0.25) is 0 Å².